The first-order valence-electron chi connectivity index (χ1n) is 13.1. The van der Waals surface area contributed by atoms with Gasteiger partial charge in [0.1, 0.15) is 11.2 Å². The lowest BCUT2D eigenvalue weighted by Gasteiger charge is -2.50. The van der Waals surface area contributed by atoms with E-state index in [9.17, 15) is 14.4 Å². The Labute approximate surface area is 220 Å². The molecule has 7 heteroatoms. The van der Waals surface area contributed by atoms with Crippen molar-refractivity contribution in [2.45, 2.75) is 89.9 Å². The third-order valence-electron chi connectivity index (χ3n) is 7.86. The highest BCUT2D eigenvalue weighted by Crippen LogP contribution is 2.64. The molecule has 200 valence electrons. The van der Waals surface area contributed by atoms with Gasteiger partial charge in [0.15, 0.2) is 0 Å². The molecular weight excluding hydrogens is 468 g/mol. The Kier molecular flexibility index (Phi) is 6.58. The lowest BCUT2D eigenvalue weighted by molar-refractivity contribution is -0.125. The number of likely N-dealkylation sites (tertiary alicyclic amines) is 1. The van der Waals surface area contributed by atoms with Gasteiger partial charge in [-0.2, -0.15) is 0 Å². The molecule has 1 aromatic rings. The summed E-state index contributed by atoms with van der Waals surface area (Å²) < 4.78 is 11.5. The number of nitrogens with zero attached hydrogens (tertiary/aromatic N) is 2. The molecule has 37 heavy (non-hydrogen) atoms. The second-order valence-electron chi connectivity index (χ2n) is 12.5. The van der Waals surface area contributed by atoms with Gasteiger partial charge < -0.3 is 14.4 Å². The smallest absolute Gasteiger partial charge is 0.421 e. The van der Waals surface area contributed by atoms with Gasteiger partial charge in [0, 0.05) is 17.4 Å². The molecule has 3 amide bonds. The summed E-state index contributed by atoms with van der Waals surface area (Å²) >= 11 is 0. The van der Waals surface area contributed by atoms with E-state index in [1.54, 1.807) is 31.7 Å². The molecule has 7 nitrogen and oxygen atoms in total. The number of rotatable bonds is 2. The lowest BCUT2D eigenvalue weighted by Crippen LogP contribution is -2.61. The normalized spacial score (nSPS) is 26.8. The van der Waals surface area contributed by atoms with Crippen LogP contribution >= 0.6 is 0 Å². The first-order chi connectivity index (χ1) is 17.2. The van der Waals surface area contributed by atoms with Crippen LogP contribution in [0.15, 0.2) is 49.6 Å². The Morgan fingerprint density at radius 2 is 1.57 bits per heavy atom. The number of imide groups is 1. The van der Waals surface area contributed by atoms with Crippen molar-refractivity contribution in [3.8, 4) is 0 Å². The van der Waals surface area contributed by atoms with Crippen LogP contribution in [0.3, 0.4) is 0 Å². The number of anilines is 1. The maximum Gasteiger partial charge on any atom is 0.421 e. The highest BCUT2D eigenvalue weighted by Gasteiger charge is 2.69. The quantitative estimate of drug-likeness (QED) is 0.434. The maximum absolute atomic E-state index is 14.3. The first-order valence-corrected chi connectivity index (χ1v) is 13.1. The van der Waals surface area contributed by atoms with Gasteiger partial charge in [-0.3, -0.25) is 4.79 Å². The first kappa shape index (κ1) is 27.0. The van der Waals surface area contributed by atoms with Crippen LogP contribution in [0.1, 0.15) is 72.8 Å². The molecule has 2 fully saturated rings. The van der Waals surface area contributed by atoms with Crippen molar-refractivity contribution in [1.82, 2.24) is 4.90 Å². The summed E-state index contributed by atoms with van der Waals surface area (Å²) in [4.78, 5) is 44.4. The molecule has 1 aliphatic carbocycles. The van der Waals surface area contributed by atoms with Crippen LogP contribution in [0.25, 0.3) is 0 Å². The summed E-state index contributed by atoms with van der Waals surface area (Å²) in [6.45, 7) is 19.7. The van der Waals surface area contributed by atoms with Gasteiger partial charge in [0.25, 0.3) is 0 Å². The molecule has 2 heterocycles. The number of hydrogen-bond donors (Lipinski definition) is 0. The summed E-state index contributed by atoms with van der Waals surface area (Å²) in [6, 6.07) is 7.09. The molecule has 3 aliphatic rings. The number of fused-ring (bicyclic) bond motifs is 1. The van der Waals surface area contributed by atoms with E-state index in [1.807, 2.05) is 51.1 Å². The van der Waals surface area contributed by atoms with Gasteiger partial charge in [-0.25, -0.2) is 14.5 Å². The van der Waals surface area contributed by atoms with E-state index in [0.717, 1.165) is 18.4 Å². The van der Waals surface area contributed by atoms with Crippen molar-refractivity contribution in [1.29, 1.82) is 0 Å². The summed E-state index contributed by atoms with van der Waals surface area (Å²) in [5, 5.41) is 0. The zero-order valence-corrected chi connectivity index (χ0v) is 23.0. The average molecular weight is 509 g/mol. The van der Waals surface area contributed by atoms with Crippen molar-refractivity contribution in [3.63, 3.8) is 0 Å². The monoisotopic (exact) mass is 508 g/mol. The highest BCUT2D eigenvalue weighted by atomic mass is 16.6. The summed E-state index contributed by atoms with van der Waals surface area (Å²) in [5.74, 6) is -0.881. The molecule has 0 bridgehead atoms. The van der Waals surface area contributed by atoms with E-state index in [4.69, 9.17) is 9.47 Å². The summed E-state index contributed by atoms with van der Waals surface area (Å²) in [6.07, 6.45) is 5.22. The SMILES string of the molecule is C=CC1(C=C)C[C@H]2C(=O)N(C(=O)OC(C)(C)C)c3ccccc3[C@@]23CCCCN(C(=O)OC(C)(C)C)C13. The van der Waals surface area contributed by atoms with Crippen molar-refractivity contribution < 1.29 is 23.9 Å². The molecule has 1 spiro atoms. The number of amides is 3. The van der Waals surface area contributed by atoms with Gasteiger partial charge in [-0.1, -0.05) is 36.8 Å². The van der Waals surface area contributed by atoms with Crippen LogP contribution < -0.4 is 4.90 Å². The number of carbonyl (C=O) groups excluding carboxylic acids is 3. The predicted molar refractivity (Wildman–Crippen MR) is 143 cm³/mol. The van der Waals surface area contributed by atoms with E-state index in [-0.39, 0.29) is 5.91 Å². The molecule has 0 radical (unpaired) electrons. The Hall–Kier alpha value is -3.09. The fraction of sp³-hybridized carbons (Fsp3) is 0.567. The summed E-state index contributed by atoms with van der Waals surface area (Å²) in [7, 11) is 0. The van der Waals surface area contributed by atoms with Crippen LogP contribution in [0.2, 0.25) is 0 Å². The third kappa shape index (κ3) is 4.36. The fourth-order valence-electron chi connectivity index (χ4n) is 6.63. The molecule has 2 aliphatic heterocycles. The second kappa shape index (κ2) is 9.03. The number of ether oxygens (including phenoxy) is 2. The van der Waals surface area contributed by atoms with Gasteiger partial charge in [0.2, 0.25) is 5.91 Å². The fourth-order valence-corrected chi connectivity index (χ4v) is 6.63. The van der Waals surface area contributed by atoms with Crippen LogP contribution in [0, 0.1) is 11.3 Å². The molecule has 1 saturated carbocycles. The van der Waals surface area contributed by atoms with Crippen molar-refractivity contribution in [3.05, 3.63) is 55.1 Å². The average Bonchev–Trinajstić information content (AvgIpc) is 2.94. The van der Waals surface area contributed by atoms with E-state index in [2.05, 4.69) is 13.2 Å². The van der Waals surface area contributed by atoms with Crippen LogP contribution in [0.4, 0.5) is 15.3 Å². The van der Waals surface area contributed by atoms with Crippen molar-refractivity contribution in [2.24, 2.45) is 11.3 Å². The van der Waals surface area contributed by atoms with E-state index in [0.29, 0.717) is 25.1 Å². The Morgan fingerprint density at radius 1 is 0.973 bits per heavy atom. The second-order valence-corrected chi connectivity index (χ2v) is 12.5. The highest BCUT2D eigenvalue weighted by molar-refractivity contribution is 6.16. The van der Waals surface area contributed by atoms with E-state index >= 15 is 0 Å². The van der Waals surface area contributed by atoms with E-state index in [1.165, 1.54) is 4.90 Å². The Morgan fingerprint density at radius 3 is 2.16 bits per heavy atom. The maximum atomic E-state index is 14.3. The number of hydrogen-bond acceptors (Lipinski definition) is 5. The minimum atomic E-state index is -0.762. The van der Waals surface area contributed by atoms with Crippen molar-refractivity contribution >= 4 is 23.8 Å². The molecule has 0 aromatic heterocycles. The predicted octanol–water partition coefficient (Wildman–Crippen LogP) is 6.37. The van der Waals surface area contributed by atoms with Gasteiger partial charge in [-0.05, 0) is 72.4 Å². The van der Waals surface area contributed by atoms with Crippen LogP contribution in [-0.2, 0) is 19.7 Å². The lowest BCUT2D eigenvalue weighted by atomic mass is 9.62. The molecule has 1 aromatic carbocycles. The molecular formula is C30H40N2O5. The Bertz CT molecular complexity index is 1120. The van der Waals surface area contributed by atoms with Crippen LogP contribution in [0.5, 0.6) is 0 Å². The molecule has 1 unspecified atom stereocenters. The topological polar surface area (TPSA) is 76.2 Å². The number of para-hydroxylation sites is 1. The zero-order chi connectivity index (χ0) is 27.4. The molecule has 4 rings (SSSR count). The largest absolute Gasteiger partial charge is 0.444 e. The number of benzene rings is 1. The van der Waals surface area contributed by atoms with Crippen LogP contribution in [-0.4, -0.2) is 46.8 Å². The van der Waals surface area contributed by atoms with Crippen molar-refractivity contribution in [2.75, 3.05) is 11.4 Å². The molecule has 1 saturated heterocycles. The molecule has 0 N–H and O–H groups in total. The minimum Gasteiger partial charge on any atom is -0.444 e. The standard InChI is InChI=1S/C30H40N2O5/c1-9-29(10-2)19-21-23(33)32(26(35)37-28(6,7)8)22-16-12-11-15-20(22)30(21)17-13-14-18-31(24(29)30)25(34)36-27(3,4)5/h9-12,15-16,21,24H,1-2,13-14,17-19H2,3-8H3/t21-,24?,30-/m0/s1. The van der Waals surface area contributed by atoms with Gasteiger partial charge in [0.05, 0.1) is 17.6 Å². The number of carbonyl (C=O) groups is 3. The molecule has 3 atom stereocenters. The van der Waals surface area contributed by atoms with Gasteiger partial charge >= 0.3 is 12.2 Å². The van der Waals surface area contributed by atoms with Gasteiger partial charge in [-0.15, -0.1) is 13.2 Å². The van der Waals surface area contributed by atoms with E-state index < -0.39 is 46.2 Å². The summed E-state index contributed by atoms with van der Waals surface area (Å²) in [5.41, 5.74) is -1.54. The zero-order valence-electron chi connectivity index (χ0n) is 23.0. The Balaban J connectivity index is 1.96. The third-order valence-corrected chi connectivity index (χ3v) is 7.86. The minimum absolute atomic E-state index is 0.311.